The maximum Gasteiger partial charge on any atom is 0.264 e. The van der Waals surface area contributed by atoms with Crippen LogP contribution in [0.4, 0.5) is 5.69 Å². The number of halogens is 4. The summed E-state index contributed by atoms with van der Waals surface area (Å²) < 4.78 is 28.8. The molecule has 0 heterocycles. The molecule has 0 fully saturated rings. The van der Waals surface area contributed by atoms with Crippen molar-refractivity contribution in [2.24, 2.45) is 0 Å². The van der Waals surface area contributed by atoms with Crippen LogP contribution < -0.4 is 9.62 Å². The molecule has 0 spiro atoms. The van der Waals surface area contributed by atoms with Gasteiger partial charge in [0.2, 0.25) is 11.8 Å². The van der Waals surface area contributed by atoms with Crippen molar-refractivity contribution in [2.75, 3.05) is 10.8 Å². The predicted octanol–water partition coefficient (Wildman–Crippen LogP) is 7.14. The van der Waals surface area contributed by atoms with E-state index in [1.54, 1.807) is 43.3 Å². The van der Waals surface area contributed by atoms with Gasteiger partial charge in [-0.15, -0.1) is 0 Å². The molecule has 0 aliphatic heterocycles. The van der Waals surface area contributed by atoms with E-state index in [0.717, 1.165) is 9.87 Å². The molecule has 2 amide bonds. The van der Waals surface area contributed by atoms with Crippen molar-refractivity contribution < 1.29 is 18.0 Å². The van der Waals surface area contributed by atoms with Crippen LogP contribution in [0.3, 0.4) is 0 Å². The molecule has 7 nitrogen and oxygen atoms in total. The highest BCUT2D eigenvalue weighted by Crippen LogP contribution is 2.35. The summed E-state index contributed by atoms with van der Waals surface area (Å²) in [6.45, 7) is 6.51. The molecule has 220 valence electrons. The second-order valence-corrected chi connectivity index (χ2v) is 13.1. The van der Waals surface area contributed by atoms with Crippen molar-refractivity contribution in [1.82, 2.24) is 10.2 Å². The Bertz CT molecular complexity index is 1520. The molecular weight excluding hydrogens is 628 g/mol. The predicted molar refractivity (Wildman–Crippen MR) is 167 cm³/mol. The lowest BCUT2D eigenvalue weighted by atomic mass is 10.1. The standard InChI is InChI=1S/C29H31Cl4N3O4S/c1-5-19(3)34-29(38)20(4)35(16-21-11-14-23(30)25(32)15-21)27(37)17-36(26-8-6-7-24(31)28(26)33)41(39,40)22-12-9-18(2)10-13-22/h6-15,19-20H,5,16-17H2,1-4H3,(H,34,38)/t19-,20+/m0/s1. The lowest BCUT2D eigenvalue weighted by molar-refractivity contribution is -0.139. The smallest absolute Gasteiger partial charge is 0.264 e. The number of carbonyl (C=O) groups is 2. The zero-order chi connectivity index (χ0) is 30.5. The molecule has 0 aromatic heterocycles. The summed E-state index contributed by atoms with van der Waals surface area (Å²) in [7, 11) is -4.29. The van der Waals surface area contributed by atoms with E-state index in [-0.39, 0.29) is 44.1 Å². The molecule has 2 atom stereocenters. The average molecular weight is 659 g/mol. The lowest BCUT2D eigenvalue weighted by Crippen LogP contribution is -2.52. The Morgan fingerprint density at radius 2 is 1.56 bits per heavy atom. The second-order valence-electron chi connectivity index (χ2n) is 9.66. The van der Waals surface area contributed by atoms with Crippen LogP contribution in [0.5, 0.6) is 0 Å². The van der Waals surface area contributed by atoms with E-state index in [0.29, 0.717) is 17.0 Å². The number of anilines is 1. The van der Waals surface area contributed by atoms with Crippen LogP contribution in [0.15, 0.2) is 65.6 Å². The maximum atomic E-state index is 14.0. The summed E-state index contributed by atoms with van der Waals surface area (Å²) in [5.41, 5.74) is 1.49. The van der Waals surface area contributed by atoms with E-state index in [2.05, 4.69) is 5.32 Å². The summed E-state index contributed by atoms with van der Waals surface area (Å²) in [5, 5.41) is 3.59. The minimum absolute atomic E-state index is 0.0271. The normalized spacial score (nSPS) is 12.9. The Labute approximate surface area is 261 Å². The topological polar surface area (TPSA) is 86.8 Å². The van der Waals surface area contributed by atoms with Crippen molar-refractivity contribution in [1.29, 1.82) is 0 Å². The minimum atomic E-state index is -4.29. The summed E-state index contributed by atoms with van der Waals surface area (Å²) in [5.74, 6) is -1.03. The Morgan fingerprint density at radius 1 is 0.902 bits per heavy atom. The number of aryl methyl sites for hydroxylation is 1. The summed E-state index contributed by atoms with van der Waals surface area (Å²) in [4.78, 5) is 28.4. The fourth-order valence-electron chi connectivity index (χ4n) is 3.92. The van der Waals surface area contributed by atoms with E-state index in [1.807, 2.05) is 20.8 Å². The molecule has 3 aromatic rings. The zero-order valence-corrected chi connectivity index (χ0v) is 26.8. The molecule has 0 radical (unpaired) electrons. The van der Waals surface area contributed by atoms with Crippen LogP contribution >= 0.6 is 46.4 Å². The lowest BCUT2D eigenvalue weighted by Gasteiger charge is -2.32. The number of carbonyl (C=O) groups excluding carboxylic acids is 2. The van der Waals surface area contributed by atoms with Gasteiger partial charge in [-0.1, -0.05) is 83.2 Å². The Kier molecular flexibility index (Phi) is 11.4. The zero-order valence-electron chi connectivity index (χ0n) is 23.0. The summed E-state index contributed by atoms with van der Waals surface area (Å²) >= 11 is 25.0. The molecule has 0 bridgehead atoms. The number of nitrogens with one attached hydrogen (secondary N) is 1. The van der Waals surface area contributed by atoms with Gasteiger partial charge >= 0.3 is 0 Å². The fourth-order valence-corrected chi connectivity index (χ4v) is 6.11. The first-order chi connectivity index (χ1) is 19.3. The molecule has 3 rings (SSSR count). The number of hydrogen-bond acceptors (Lipinski definition) is 4. The van der Waals surface area contributed by atoms with E-state index in [4.69, 9.17) is 46.4 Å². The number of benzene rings is 3. The molecule has 41 heavy (non-hydrogen) atoms. The van der Waals surface area contributed by atoms with Gasteiger partial charge in [-0.2, -0.15) is 0 Å². The van der Waals surface area contributed by atoms with Gasteiger partial charge in [-0.05, 0) is 69.2 Å². The van der Waals surface area contributed by atoms with Crippen molar-refractivity contribution in [3.8, 4) is 0 Å². The highest BCUT2D eigenvalue weighted by Gasteiger charge is 2.34. The van der Waals surface area contributed by atoms with Crippen molar-refractivity contribution in [2.45, 2.75) is 57.6 Å². The number of hydrogen-bond donors (Lipinski definition) is 1. The Balaban J connectivity index is 2.08. The van der Waals surface area contributed by atoms with Gasteiger partial charge in [0.15, 0.2) is 0 Å². The number of sulfonamides is 1. The van der Waals surface area contributed by atoms with Crippen LogP contribution in [-0.4, -0.2) is 43.8 Å². The highest BCUT2D eigenvalue weighted by atomic mass is 35.5. The van der Waals surface area contributed by atoms with E-state index < -0.39 is 28.5 Å². The average Bonchev–Trinajstić information content (AvgIpc) is 2.93. The van der Waals surface area contributed by atoms with Crippen LogP contribution in [0.25, 0.3) is 0 Å². The monoisotopic (exact) mass is 657 g/mol. The van der Waals surface area contributed by atoms with Gasteiger partial charge in [0.25, 0.3) is 10.0 Å². The van der Waals surface area contributed by atoms with Gasteiger partial charge in [-0.3, -0.25) is 13.9 Å². The minimum Gasteiger partial charge on any atom is -0.352 e. The van der Waals surface area contributed by atoms with Gasteiger partial charge in [0.1, 0.15) is 12.6 Å². The van der Waals surface area contributed by atoms with Gasteiger partial charge < -0.3 is 10.2 Å². The Hall–Kier alpha value is -2.49. The molecule has 1 N–H and O–H groups in total. The van der Waals surface area contributed by atoms with Crippen molar-refractivity contribution >= 4 is 73.9 Å². The molecule has 3 aromatic carbocycles. The Morgan fingerprint density at radius 3 is 2.17 bits per heavy atom. The maximum absolute atomic E-state index is 14.0. The molecule has 0 saturated carbocycles. The van der Waals surface area contributed by atoms with Crippen LogP contribution in [0.1, 0.15) is 38.3 Å². The largest absolute Gasteiger partial charge is 0.352 e. The molecular formula is C29H31Cl4N3O4S. The van der Waals surface area contributed by atoms with E-state index in [9.17, 15) is 18.0 Å². The van der Waals surface area contributed by atoms with Crippen LogP contribution in [-0.2, 0) is 26.2 Å². The van der Waals surface area contributed by atoms with E-state index in [1.165, 1.54) is 29.2 Å². The molecule has 0 saturated heterocycles. The fraction of sp³-hybridized carbons (Fsp3) is 0.310. The third-order valence-electron chi connectivity index (χ3n) is 6.59. The summed E-state index contributed by atoms with van der Waals surface area (Å²) in [6, 6.07) is 14.5. The first-order valence-corrected chi connectivity index (χ1v) is 15.8. The quantitative estimate of drug-likeness (QED) is 0.237. The van der Waals surface area contributed by atoms with Crippen LogP contribution in [0, 0.1) is 6.92 Å². The summed E-state index contributed by atoms with van der Waals surface area (Å²) in [6.07, 6.45) is 0.690. The van der Waals surface area contributed by atoms with Gasteiger partial charge in [-0.25, -0.2) is 8.42 Å². The first-order valence-electron chi connectivity index (χ1n) is 12.8. The van der Waals surface area contributed by atoms with Crippen LogP contribution in [0.2, 0.25) is 20.1 Å². The second kappa shape index (κ2) is 14.1. The number of rotatable bonds is 11. The third kappa shape index (κ3) is 8.08. The SMILES string of the molecule is CC[C@H](C)NC(=O)[C@@H](C)N(Cc1ccc(Cl)c(Cl)c1)C(=O)CN(c1cccc(Cl)c1Cl)S(=O)(=O)c1ccc(C)cc1. The number of amides is 2. The van der Waals surface area contributed by atoms with E-state index >= 15 is 0 Å². The van der Waals surface area contributed by atoms with Gasteiger partial charge in [0, 0.05) is 12.6 Å². The molecule has 0 aliphatic carbocycles. The van der Waals surface area contributed by atoms with Crippen molar-refractivity contribution in [3.63, 3.8) is 0 Å². The van der Waals surface area contributed by atoms with Gasteiger partial charge in [0.05, 0.1) is 30.7 Å². The molecule has 0 unspecified atom stereocenters. The van der Waals surface area contributed by atoms with Crippen molar-refractivity contribution in [3.05, 3.63) is 91.9 Å². The molecule has 12 heteroatoms. The number of nitrogens with zero attached hydrogens (tertiary/aromatic N) is 2. The highest BCUT2D eigenvalue weighted by molar-refractivity contribution is 7.92. The first kappa shape index (κ1) is 33.0. The third-order valence-corrected chi connectivity index (χ3v) is 9.91. The molecule has 0 aliphatic rings.